The number of hydrogen-bond acceptors (Lipinski definition) is 2. The molecule has 0 spiro atoms. The number of carbonyl (C=O) groups is 1. The maximum Gasteiger partial charge on any atom is 0.267 e. The number of halogens is 1. The molecular formula is C16H20BrN3O. The minimum atomic E-state index is -0.0374. The summed E-state index contributed by atoms with van der Waals surface area (Å²) in [6, 6.07) is 9.57. The molecular weight excluding hydrogens is 330 g/mol. The molecule has 0 unspecified atom stereocenters. The number of aryl methyl sites for hydroxylation is 1. The Labute approximate surface area is 133 Å². The van der Waals surface area contributed by atoms with Crippen molar-refractivity contribution in [2.24, 2.45) is 0 Å². The van der Waals surface area contributed by atoms with Crippen LogP contribution in [0.1, 0.15) is 29.4 Å². The van der Waals surface area contributed by atoms with Crippen LogP contribution in [-0.4, -0.2) is 17.0 Å². The van der Waals surface area contributed by atoms with E-state index >= 15 is 0 Å². The largest absolute Gasteiger partial charge is 0.399 e. The zero-order valence-corrected chi connectivity index (χ0v) is 13.7. The molecule has 1 amide bonds. The molecule has 5 heteroatoms. The molecule has 0 aliphatic rings. The lowest BCUT2D eigenvalue weighted by atomic mass is 10.1. The summed E-state index contributed by atoms with van der Waals surface area (Å²) in [5.41, 5.74) is 8.26. The van der Waals surface area contributed by atoms with Crippen LogP contribution in [0.2, 0.25) is 0 Å². The van der Waals surface area contributed by atoms with Crippen molar-refractivity contribution in [3.63, 3.8) is 0 Å². The van der Waals surface area contributed by atoms with E-state index in [9.17, 15) is 4.79 Å². The average molecular weight is 350 g/mol. The third-order valence-corrected chi connectivity index (χ3v) is 3.67. The SMILES string of the molecule is CCCn1cc(Br)cc1C(=O)NCCc1ccc(N)cc1. The second-order valence-electron chi connectivity index (χ2n) is 4.98. The molecule has 4 nitrogen and oxygen atoms in total. The first-order valence-electron chi connectivity index (χ1n) is 7.08. The number of amides is 1. The molecule has 2 aromatic rings. The fourth-order valence-electron chi connectivity index (χ4n) is 2.19. The summed E-state index contributed by atoms with van der Waals surface area (Å²) < 4.78 is 2.91. The van der Waals surface area contributed by atoms with Gasteiger partial charge in [0.25, 0.3) is 5.91 Å². The number of hydrogen-bond donors (Lipinski definition) is 2. The molecule has 2 rings (SSSR count). The van der Waals surface area contributed by atoms with Gasteiger partial charge in [-0.25, -0.2) is 0 Å². The predicted molar refractivity (Wildman–Crippen MR) is 89.3 cm³/mol. The van der Waals surface area contributed by atoms with Gasteiger partial charge < -0.3 is 15.6 Å². The van der Waals surface area contributed by atoms with Crippen LogP contribution >= 0.6 is 15.9 Å². The van der Waals surface area contributed by atoms with E-state index in [-0.39, 0.29) is 5.91 Å². The lowest BCUT2D eigenvalue weighted by Gasteiger charge is -2.09. The lowest BCUT2D eigenvalue weighted by Crippen LogP contribution is -2.27. The highest BCUT2D eigenvalue weighted by atomic mass is 79.9. The second kappa shape index (κ2) is 7.31. The smallest absolute Gasteiger partial charge is 0.267 e. The van der Waals surface area contributed by atoms with Crippen LogP contribution in [0.4, 0.5) is 5.69 Å². The molecule has 1 aromatic carbocycles. The number of rotatable bonds is 6. The summed E-state index contributed by atoms with van der Waals surface area (Å²) >= 11 is 3.42. The quantitative estimate of drug-likeness (QED) is 0.786. The number of aromatic nitrogens is 1. The van der Waals surface area contributed by atoms with Crippen molar-refractivity contribution in [2.75, 3.05) is 12.3 Å². The first-order valence-corrected chi connectivity index (χ1v) is 7.87. The molecule has 0 saturated carbocycles. The van der Waals surface area contributed by atoms with Gasteiger partial charge in [-0.15, -0.1) is 0 Å². The summed E-state index contributed by atoms with van der Waals surface area (Å²) in [5, 5.41) is 2.96. The highest BCUT2D eigenvalue weighted by Crippen LogP contribution is 2.15. The van der Waals surface area contributed by atoms with Crippen molar-refractivity contribution in [1.29, 1.82) is 0 Å². The Morgan fingerprint density at radius 3 is 2.71 bits per heavy atom. The van der Waals surface area contributed by atoms with Crippen molar-refractivity contribution >= 4 is 27.5 Å². The van der Waals surface area contributed by atoms with E-state index in [4.69, 9.17) is 5.73 Å². The van der Waals surface area contributed by atoms with Crippen LogP contribution in [0.3, 0.4) is 0 Å². The van der Waals surface area contributed by atoms with Gasteiger partial charge in [-0.1, -0.05) is 19.1 Å². The topological polar surface area (TPSA) is 60.0 Å². The van der Waals surface area contributed by atoms with Gasteiger partial charge in [-0.3, -0.25) is 4.79 Å². The van der Waals surface area contributed by atoms with Gasteiger partial charge in [-0.2, -0.15) is 0 Å². The Hall–Kier alpha value is -1.75. The first-order chi connectivity index (χ1) is 10.1. The van der Waals surface area contributed by atoms with Gasteiger partial charge >= 0.3 is 0 Å². The van der Waals surface area contributed by atoms with Crippen LogP contribution in [-0.2, 0) is 13.0 Å². The Morgan fingerprint density at radius 2 is 2.05 bits per heavy atom. The molecule has 112 valence electrons. The van der Waals surface area contributed by atoms with E-state index in [1.54, 1.807) is 0 Å². The lowest BCUT2D eigenvalue weighted by molar-refractivity contribution is 0.0944. The van der Waals surface area contributed by atoms with Crippen LogP contribution in [0, 0.1) is 0 Å². The molecule has 0 aliphatic heterocycles. The van der Waals surface area contributed by atoms with Crippen molar-refractivity contribution in [3.8, 4) is 0 Å². The number of nitrogen functional groups attached to an aromatic ring is 1. The molecule has 0 radical (unpaired) electrons. The Balaban J connectivity index is 1.91. The normalized spacial score (nSPS) is 10.6. The monoisotopic (exact) mass is 349 g/mol. The van der Waals surface area contributed by atoms with Gasteiger partial charge in [0.2, 0.25) is 0 Å². The summed E-state index contributed by atoms with van der Waals surface area (Å²) in [4.78, 5) is 12.2. The van der Waals surface area contributed by atoms with Gasteiger partial charge in [-0.05, 0) is 52.5 Å². The summed E-state index contributed by atoms with van der Waals surface area (Å²) in [6.45, 7) is 3.54. The predicted octanol–water partition coefficient (Wildman–Crippen LogP) is 3.22. The standard InChI is InChI=1S/C16H20BrN3O/c1-2-9-20-11-13(17)10-15(20)16(21)19-8-7-12-3-5-14(18)6-4-12/h3-6,10-11H,2,7-9,18H2,1H3,(H,19,21). The first kappa shape index (κ1) is 15.6. The minimum Gasteiger partial charge on any atom is -0.399 e. The Morgan fingerprint density at radius 1 is 1.33 bits per heavy atom. The maximum absolute atomic E-state index is 12.2. The molecule has 0 fully saturated rings. The Kier molecular flexibility index (Phi) is 5.44. The van der Waals surface area contributed by atoms with Gasteiger partial charge in [0.15, 0.2) is 0 Å². The summed E-state index contributed by atoms with van der Waals surface area (Å²) in [7, 11) is 0. The molecule has 0 bridgehead atoms. The van der Waals surface area contributed by atoms with Crippen molar-refractivity contribution < 1.29 is 4.79 Å². The third-order valence-electron chi connectivity index (χ3n) is 3.24. The molecule has 0 saturated heterocycles. The van der Waals surface area contributed by atoms with Gasteiger partial charge in [0, 0.05) is 29.4 Å². The second-order valence-corrected chi connectivity index (χ2v) is 5.90. The van der Waals surface area contributed by atoms with Crippen molar-refractivity contribution in [1.82, 2.24) is 9.88 Å². The van der Waals surface area contributed by atoms with Crippen LogP contribution < -0.4 is 11.1 Å². The summed E-state index contributed by atoms with van der Waals surface area (Å²) in [5.74, 6) is -0.0374. The molecule has 0 aliphatic carbocycles. The number of nitrogens with zero attached hydrogens (tertiary/aromatic N) is 1. The number of nitrogens with one attached hydrogen (secondary N) is 1. The fraction of sp³-hybridized carbons (Fsp3) is 0.312. The van der Waals surface area contributed by atoms with Crippen molar-refractivity contribution in [2.45, 2.75) is 26.3 Å². The van der Waals surface area contributed by atoms with E-state index in [1.165, 1.54) is 0 Å². The van der Waals surface area contributed by atoms with E-state index in [2.05, 4.69) is 28.2 Å². The highest BCUT2D eigenvalue weighted by molar-refractivity contribution is 9.10. The molecule has 1 aromatic heterocycles. The van der Waals surface area contributed by atoms with E-state index < -0.39 is 0 Å². The zero-order valence-electron chi connectivity index (χ0n) is 12.1. The molecule has 0 atom stereocenters. The minimum absolute atomic E-state index is 0.0374. The van der Waals surface area contributed by atoms with Gasteiger partial charge in [0.1, 0.15) is 5.69 Å². The molecule has 3 N–H and O–H groups in total. The van der Waals surface area contributed by atoms with E-state index in [0.29, 0.717) is 12.2 Å². The number of carbonyl (C=O) groups excluding carboxylic acids is 1. The van der Waals surface area contributed by atoms with Crippen molar-refractivity contribution in [3.05, 3.63) is 52.3 Å². The molecule has 21 heavy (non-hydrogen) atoms. The van der Waals surface area contributed by atoms with Gasteiger partial charge in [0.05, 0.1) is 0 Å². The number of benzene rings is 1. The van der Waals surface area contributed by atoms with Crippen LogP contribution in [0.15, 0.2) is 41.0 Å². The van der Waals surface area contributed by atoms with E-state index in [1.807, 2.05) is 41.1 Å². The van der Waals surface area contributed by atoms with Crippen LogP contribution in [0.25, 0.3) is 0 Å². The number of nitrogens with two attached hydrogens (primary N) is 1. The zero-order chi connectivity index (χ0) is 15.2. The third kappa shape index (κ3) is 4.36. The van der Waals surface area contributed by atoms with Crippen LogP contribution in [0.5, 0.6) is 0 Å². The maximum atomic E-state index is 12.2. The Bertz CT molecular complexity index is 604. The highest BCUT2D eigenvalue weighted by Gasteiger charge is 2.12. The molecule has 1 heterocycles. The average Bonchev–Trinajstić information content (AvgIpc) is 2.82. The summed E-state index contributed by atoms with van der Waals surface area (Å²) in [6.07, 6.45) is 3.73. The fourth-order valence-corrected chi connectivity index (χ4v) is 2.65. The van der Waals surface area contributed by atoms with E-state index in [0.717, 1.165) is 35.1 Å². The number of anilines is 1.